The summed E-state index contributed by atoms with van der Waals surface area (Å²) in [4.78, 5) is 0. The summed E-state index contributed by atoms with van der Waals surface area (Å²) in [5.74, 6) is -0.668. The van der Waals surface area contributed by atoms with Gasteiger partial charge in [-0.25, -0.2) is 0 Å². The summed E-state index contributed by atoms with van der Waals surface area (Å²) < 4.78 is 17.6. The molecule has 5 heteroatoms. The van der Waals surface area contributed by atoms with Crippen molar-refractivity contribution in [3.63, 3.8) is 0 Å². The Balaban J connectivity index is 4.48. The molecule has 1 atom stereocenters. The fraction of sp³-hybridized carbons (Fsp3) is 1.00. The van der Waals surface area contributed by atoms with Crippen LogP contribution in [0.15, 0.2) is 0 Å². The van der Waals surface area contributed by atoms with Gasteiger partial charge in [-0.3, -0.25) is 0 Å². The molecule has 0 amide bonds. The first-order valence-corrected chi connectivity index (χ1v) is 9.53. The molecule has 0 heterocycles. The average molecular weight is 296 g/mol. The average Bonchev–Trinajstić information content (AvgIpc) is 2.38. The summed E-state index contributed by atoms with van der Waals surface area (Å²) in [6.07, 6.45) is 6.10. The molecule has 0 rings (SSSR count). The Labute approximate surface area is 119 Å². The number of hydrogen-bond donors (Lipinski definition) is 1. The molecule has 0 saturated carbocycles. The van der Waals surface area contributed by atoms with E-state index in [-0.39, 0.29) is 0 Å². The molecule has 0 aliphatic carbocycles. The fourth-order valence-electron chi connectivity index (χ4n) is 1.56. The quantitative estimate of drug-likeness (QED) is 0.407. The van der Waals surface area contributed by atoms with Gasteiger partial charge >= 0.3 is 119 Å². The van der Waals surface area contributed by atoms with Crippen molar-refractivity contribution in [3.8, 4) is 0 Å². The van der Waals surface area contributed by atoms with Crippen LogP contribution in [0.4, 0.5) is 0 Å². The van der Waals surface area contributed by atoms with Gasteiger partial charge in [-0.05, 0) is 0 Å². The van der Waals surface area contributed by atoms with E-state index < -0.39 is 13.8 Å². The zero-order valence-corrected chi connectivity index (χ0v) is 14.1. The number of hydrogen-bond acceptors (Lipinski definition) is 4. The molecule has 0 aliphatic heterocycles. The minimum absolute atomic E-state index is 0.603. The molecule has 0 aromatic rings. The molecule has 0 fully saturated rings. The monoisotopic (exact) mass is 296 g/mol. The van der Waals surface area contributed by atoms with Crippen LogP contribution < -0.4 is 0 Å². The van der Waals surface area contributed by atoms with Crippen molar-refractivity contribution in [1.82, 2.24) is 0 Å². The van der Waals surface area contributed by atoms with Crippen LogP contribution >= 0.6 is 7.94 Å². The molecule has 118 valence electrons. The molecule has 4 nitrogen and oxygen atoms in total. The van der Waals surface area contributed by atoms with E-state index in [4.69, 9.17) is 13.6 Å². The van der Waals surface area contributed by atoms with Crippen LogP contribution in [0.3, 0.4) is 0 Å². The molecule has 0 spiro atoms. The molecular formula is C14H33O4P. The first-order valence-electron chi connectivity index (χ1n) is 7.72. The van der Waals surface area contributed by atoms with Crippen molar-refractivity contribution in [2.75, 3.05) is 19.8 Å². The van der Waals surface area contributed by atoms with E-state index in [1.165, 1.54) is 0 Å². The van der Waals surface area contributed by atoms with Crippen molar-refractivity contribution >= 4 is 7.94 Å². The molecule has 0 radical (unpaired) electrons. The summed E-state index contributed by atoms with van der Waals surface area (Å²) in [7, 11) is -2.93. The summed E-state index contributed by atoms with van der Waals surface area (Å²) in [5, 5.41) is 10.0. The van der Waals surface area contributed by atoms with Gasteiger partial charge in [-0.15, -0.1) is 0 Å². The third-order valence-corrected chi connectivity index (χ3v) is 5.76. The second-order valence-corrected chi connectivity index (χ2v) is 7.79. The summed E-state index contributed by atoms with van der Waals surface area (Å²) >= 11 is 0. The Hall–Kier alpha value is 0.270. The van der Waals surface area contributed by atoms with Crippen molar-refractivity contribution in [3.05, 3.63) is 0 Å². The van der Waals surface area contributed by atoms with E-state index in [1.807, 2.05) is 0 Å². The van der Waals surface area contributed by atoms with Gasteiger partial charge in [0.1, 0.15) is 0 Å². The van der Waals surface area contributed by atoms with Gasteiger partial charge in [0, 0.05) is 0 Å². The van der Waals surface area contributed by atoms with Gasteiger partial charge in [0.15, 0.2) is 0 Å². The Kier molecular flexibility index (Phi) is 12.2. The molecule has 0 aromatic heterocycles. The summed E-state index contributed by atoms with van der Waals surface area (Å²) in [6, 6.07) is 0. The van der Waals surface area contributed by atoms with Crippen molar-refractivity contribution in [1.29, 1.82) is 0 Å². The van der Waals surface area contributed by atoms with Crippen LogP contribution in [-0.4, -0.2) is 30.8 Å². The molecule has 0 aliphatic rings. The van der Waals surface area contributed by atoms with Crippen LogP contribution in [0.25, 0.3) is 0 Å². The van der Waals surface area contributed by atoms with Gasteiger partial charge in [-0.2, -0.15) is 0 Å². The zero-order chi connectivity index (χ0) is 14.6. The maximum atomic E-state index is 10.0. The summed E-state index contributed by atoms with van der Waals surface area (Å²) in [6.45, 7) is 9.88. The zero-order valence-electron chi connectivity index (χ0n) is 13.1. The van der Waals surface area contributed by atoms with E-state index in [0.29, 0.717) is 19.8 Å². The van der Waals surface area contributed by atoms with Crippen molar-refractivity contribution < 1.29 is 18.7 Å². The van der Waals surface area contributed by atoms with Crippen molar-refractivity contribution in [2.45, 2.75) is 72.1 Å². The molecular weight excluding hydrogens is 263 g/mol. The van der Waals surface area contributed by atoms with E-state index in [1.54, 1.807) is 6.92 Å². The van der Waals surface area contributed by atoms with Gasteiger partial charge < -0.3 is 0 Å². The second kappa shape index (κ2) is 12.0. The van der Waals surface area contributed by atoms with Gasteiger partial charge in [0.05, 0.1) is 0 Å². The van der Waals surface area contributed by atoms with E-state index in [9.17, 15) is 5.11 Å². The predicted octanol–water partition coefficient (Wildman–Crippen LogP) is 4.27. The maximum absolute atomic E-state index is 10.0. The molecule has 1 N–H and O–H groups in total. The Morgan fingerprint density at radius 2 is 1.11 bits per heavy atom. The molecule has 0 saturated heterocycles. The van der Waals surface area contributed by atoms with Crippen LogP contribution in [0.5, 0.6) is 0 Å². The van der Waals surface area contributed by atoms with Gasteiger partial charge in [0.25, 0.3) is 0 Å². The first-order chi connectivity index (χ1) is 9.13. The minimum atomic E-state index is -2.93. The molecule has 0 aromatic carbocycles. The van der Waals surface area contributed by atoms with Gasteiger partial charge in [-0.1, -0.05) is 0 Å². The first kappa shape index (κ1) is 19.3. The molecule has 0 bridgehead atoms. The summed E-state index contributed by atoms with van der Waals surface area (Å²) in [5.41, 5.74) is 0. The number of aliphatic hydroxyl groups excluding tert-OH is 1. The third-order valence-electron chi connectivity index (χ3n) is 2.92. The van der Waals surface area contributed by atoms with E-state index >= 15 is 0 Å². The number of rotatable bonds is 13. The molecule has 19 heavy (non-hydrogen) atoms. The third kappa shape index (κ3) is 8.21. The SMILES string of the molecule is CCCCO[PH](OCCCC)(OCCCC)C(C)O. The Bertz CT molecular complexity index is 173. The van der Waals surface area contributed by atoms with E-state index in [0.717, 1.165) is 38.5 Å². The van der Waals surface area contributed by atoms with Crippen molar-refractivity contribution in [2.24, 2.45) is 0 Å². The van der Waals surface area contributed by atoms with Gasteiger partial charge in [0.2, 0.25) is 0 Å². The Morgan fingerprint density at radius 3 is 1.32 bits per heavy atom. The Morgan fingerprint density at radius 1 is 0.789 bits per heavy atom. The number of unbranched alkanes of at least 4 members (excludes halogenated alkanes) is 3. The normalized spacial score (nSPS) is 14.6. The predicted molar refractivity (Wildman–Crippen MR) is 82.6 cm³/mol. The molecule has 1 unspecified atom stereocenters. The van der Waals surface area contributed by atoms with Crippen LogP contribution in [0.1, 0.15) is 66.2 Å². The van der Waals surface area contributed by atoms with Crippen LogP contribution in [-0.2, 0) is 13.6 Å². The topological polar surface area (TPSA) is 47.9 Å². The number of aliphatic hydroxyl groups is 1. The van der Waals surface area contributed by atoms with Crippen LogP contribution in [0.2, 0.25) is 0 Å². The standard InChI is InChI=1S/C14H33O4P/c1-5-8-11-16-19(14(4)15,17-12-9-6-2)18-13-10-7-3/h14-15,19H,5-13H2,1-4H3. The van der Waals surface area contributed by atoms with Crippen LogP contribution in [0, 0.1) is 0 Å². The second-order valence-electron chi connectivity index (χ2n) is 4.89. The fourth-order valence-corrected chi connectivity index (χ4v) is 3.82. The van der Waals surface area contributed by atoms with E-state index in [2.05, 4.69) is 20.8 Å².